The maximum absolute atomic E-state index is 11.1. The molecule has 0 bridgehead atoms. The molecule has 1 aromatic heterocycles. The summed E-state index contributed by atoms with van der Waals surface area (Å²) in [6.45, 7) is 9.23. The molecule has 0 atom stereocenters. The van der Waals surface area contributed by atoms with E-state index in [9.17, 15) is 10.1 Å². The summed E-state index contributed by atoms with van der Waals surface area (Å²) >= 11 is 0. The molecule has 1 aromatic rings. The van der Waals surface area contributed by atoms with Crippen molar-refractivity contribution in [1.29, 1.82) is 0 Å². The van der Waals surface area contributed by atoms with Gasteiger partial charge in [0.05, 0.1) is 11.0 Å². The predicted molar refractivity (Wildman–Crippen MR) is 67.8 cm³/mol. The van der Waals surface area contributed by atoms with E-state index in [1.165, 1.54) is 6.33 Å². The molecule has 7 heteroatoms. The fraction of sp³-hybridized carbons (Fsp3) is 0.636. The van der Waals surface area contributed by atoms with Crippen LogP contribution in [-0.2, 0) is 0 Å². The summed E-state index contributed by atoms with van der Waals surface area (Å²) in [6.07, 6.45) is 1.06. The Bertz CT molecular complexity index is 440. The third kappa shape index (κ3) is 3.83. The molecule has 0 aliphatic heterocycles. The third-order valence-corrected chi connectivity index (χ3v) is 1.81. The zero-order valence-corrected chi connectivity index (χ0v) is 11.2. The lowest BCUT2D eigenvalue weighted by atomic mass is 10.1. The van der Waals surface area contributed by atoms with Gasteiger partial charge < -0.3 is 10.1 Å². The second kappa shape index (κ2) is 5.16. The topological polar surface area (TPSA) is 90.2 Å². The molecule has 1 heterocycles. The molecule has 1 rings (SSSR count). The van der Waals surface area contributed by atoms with Crippen molar-refractivity contribution in [3.63, 3.8) is 0 Å². The van der Waals surface area contributed by atoms with Crippen molar-refractivity contribution in [3.05, 3.63) is 16.4 Å². The van der Waals surface area contributed by atoms with Crippen LogP contribution in [0.1, 0.15) is 34.6 Å². The molecule has 100 valence electrons. The Morgan fingerprint density at radius 1 is 1.39 bits per heavy atom. The van der Waals surface area contributed by atoms with Crippen LogP contribution < -0.4 is 10.1 Å². The van der Waals surface area contributed by atoms with Crippen LogP contribution in [0.2, 0.25) is 0 Å². The van der Waals surface area contributed by atoms with E-state index >= 15 is 0 Å². The lowest BCUT2D eigenvalue weighted by Gasteiger charge is -2.21. The quantitative estimate of drug-likeness (QED) is 0.655. The van der Waals surface area contributed by atoms with Crippen molar-refractivity contribution in [3.8, 4) is 5.88 Å². The highest BCUT2D eigenvalue weighted by Crippen LogP contribution is 2.32. The Balaban J connectivity index is 3.22. The van der Waals surface area contributed by atoms with Crippen molar-refractivity contribution in [2.24, 2.45) is 0 Å². The Labute approximate surface area is 106 Å². The minimum Gasteiger partial charge on any atom is -0.470 e. The number of ether oxygens (including phenoxy) is 1. The van der Waals surface area contributed by atoms with Gasteiger partial charge in [-0.1, -0.05) is 0 Å². The summed E-state index contributed by atoms with van der Waals surface area (Å²) in [5, 5.41) is 14.1. The average Bonchev–Trinajstić information content (AvgIpc) is 2.13. The van der Waals surface area contributed by atoms with Crippen LogP contribution in [-0.4, -0.2) is 26.5 Å². The number of anilines is 1. The van der Waals surface area contributed by atoms with Crippen LogP contribution >= 0.6 is 0 Å². The van der Waals surface area contributed by atoms with Gasteiger partial charge in [-0.05, 0) is 34.6 Å². The van der Waals surface area contributed by atoms with Crippen LogP contribution in [0, 0.1) is 10.1 Å². The molecule has 0 radical (unpaired) electrons. The molecular weight excluding hydrogens is 236 g/mol. The van der Waals surface area contributed by atoms with E-state index < -0.39 is 4.92 Å². The van der Waals surface area contributed by atoms with Gasteiger partial charge in [-0.3, -0.25) is 10.1 Å². The first kappa shape index (κ1) is 14.1. The second-order valence-corrected chi connectivity index (χ2v) is 5.17. The summed E-state index contributed by atoms with van der Waals surface area (Å²) in [5.74, 6) is 0.148. The van der Waals surface area contributed by atoms with Crippen molar-refractivity contribution in [1.82, 2.24) is 9.97 Å². The van der Waals surface area contributed by atoms with Crippen molar-refractivity contribution in [2.45, 2.75) is 46.3 Å². The maximum Gasteiger partial charge on any atom is 0.372 e. The molecule has 18 heavy (non-hydrogen) atoms. The van der Waals surface area contributed by atoms with E-state index in [1.807, 2.05) is 20.8 Å². The van der Waals surface area contributed by atoms with Gasteiger partial charge in [0.1, 0.15) is 6.33 Å². The fourth-order valence-corrected chi connectivity index (χ4v) is 1.28. The molecule has 0 aliphatic rings. The van der Waals surface area contributed by atoms with Crippen LogP contribution in [0.4, 0.5) is 11.5 Å². The van der Waals surface area contributed by atoms with Crippen LogP contribution in [0.5, 0.6) is 5.88 Å². The minimum atomic E-state index is -0.536. The third-order valence-electron chi connectivity index (χ3n) is 1.81. The van der Waals surface area contributed by atoms with Gasteiger partial charge in [-0.25, -0.2) is 4.98 Å². The maximum atomic E-state index is 11.1. The van der Waals surface area contributed by atoms with Gasteiger partial charge in [0.2, 0.25) is 5.82 Å². The van der Waals surface area contributed by atoms with Crippen LogP contribution in [0.25, 0.3) is 0 Å². The number of nitro groups is 1. The van der Waals surface area contributed by atoms with E-state index in [0.29, 0.717) is 0 Å². The fourth-order valence-electron chi connectivity index (χ4n) is 1.28. The summed E-state index contributed by atoms with van der Waals surface area (Å²) in [4.78, 5) is 18.3. The molecule has 0 aromatic carbocycles. The van der Waals surface area contributed by atoms with Crippen LogP contribution in [0.15, 0.2) is 6.33 Å². The Hall–Kier alpha value is -1.92. The highest BCUT2D eigenvalue weighted by atomic mass is 16.6. The minimum absolute atomic E-state index is 0.0169. The molecule has 0 spiro atoms. The number of aromatic nitrogens is 2. The lowest BCUT2D eigenvalue weighted by Crippen LogP contribution is -2.27. The predicted octanol–water partition coefficient (Wildman–Crippen LogP) is 2.38. The molecule has 0 fully saturated rings. The number of nitrogens with one attached hydrogen (secondary N) is 1. The highest BCUT2D eigenvalue weighted by molar-refractivity contribution is 5.61. The first-order chi connectivity index (χ1) is 8.20. The van der Waals surface area contributed by atoms with Crippen LogP contribution in [0.3, 0.4) is 0 Å². The molecule has 0 saturated heterocycles. The van der Waals surface area contributed by atoms with E-state index in [0.717, 1.165) is 0 Å². The molecule has 1 N–H and O–H groups in total. The first-order valence-corrected chi connectivity index (χ1v) is 5.65. The summed E-state index contributed by atoms with van der Waals surface area (Å²) in [5.41, 5.74) is -0.574. The number of hydrogen-bond acceptors (Lipinski definition) is 6. The molecule has 7 nitrogen and oxygen atoms in total. The highest BCUT2D eigenvalue weighted by Gasteiger charge is 2.27. The van der Waals surface area contributed by atoms with Gasteiger partial charge in [-0.15, -0.1) is 0 Å². The van der Waals surface area contributed by atoms with Gasteiger partial charge in [0, 0.05) is 5.54 Å². The standard InChI is InChI=1S/C11H18N4O3/c1-7(2)18-10-8(15(16)17)9(12-6-13-10)14-11(3,4)5/h6-7H,1-5H3,(H,12,13,14). The summed E-state index contributed by atoms with van der Waals surface area (Å²) < 4.78 is 5.33. The number of hydrogen-bond donors (Lipinski definition) is 1. The van der Waals surface area contributed by atoms with Gasteiger partial charge >= 0.3 is 5.69 Å². The smallest absolute Gasteiger partial charge is 0.372 e. The van der Waals surface area contributed by atoms with E-state index in [1.54, 1.807) is 13.8 Å². The molecule has 0 saturated carbocycles. The number of rotatable bonds is 4. The summed E-state index contributed by atoms with van der Waals surface area (Å²) in [7, 11) is 0. The van der Waals surface area contributed by atoms with Crippen molar-refractivity contribution < 1.29 is 9.66 Å². The largest absolute Gasteiger partial charge is 0.470 e. The summed E-state index contributed by atoms with van der Waals surface area (Å²) in [6, 6.07) is 0. The van der Waals surface area contributed by atoms with E-state index in [4.69, 9.17) is 4.74 Å². The Morgan fingerprint density at radius 3 is 2.44 bits per heavy atom. The van der Waals surface area contributed by atoms with Gasteiger partial charge in [0.15, 0.2) is 0 Å². The first-order valence-electron chi connectivity index (χ1n) is 5.65. The molecule has 0 unspecified atom stereocenters. The second-order valence-electron chi connectivity index (χ2n) is 5.17. The van der Waals surface area contributed by atoms with Gasteiger partial charge in [0.25, 0.3) is 5.88 Å². The van der Waals surface area contributed by atoms with Crippen molar-refractivity contribution in [2.75, 3.05) is 5.32 Å². The lowest BCUT2D eigenvalue weighted by molar-refractivity contribution is -0.385. The SMILES string of the molecule is CC(C)Oc1ncnc(NC(C)(C)C)c1[N+](=O)[O-]. The molecule has 0 amide bonds. The Kier molecular flexibility index (Phi) is 4.05. The van der Waals surface area contributed by atoms with Crippen molar-refractivity contribution >= 4 is 11.5 Å². The van der Waals surface area contributed by atoms with Gasteiger partial charge in [-0.2, -0.15) is 4.98 Å². The molecular formula is C11H18N4O3. The van der Waals surface area contributed by atoms with E-state index in [-0.39, 0.29) is 29.0 Å². The normalized spacial score (nSPS) is 11.4. The number of nitrogens with zero attached hydrogens (tertiary/aromatic N) is 3. The molecule has 0 aliphatic carbocycles. The zero-order chi connectivity index (χ0) is 13.9. The monoisotopic (exact) mass is 254 g/mol. The average molecular weight is 254 g/mol. The Morgan fingerprint density at radius 2 is 2.00 bits per heavy atom. The zero-order valence-electron chi connectivity index (χ0n) is 11.2. The van der Waals surface area contributed by atoms with E-state index in [2.05, 4.69) is 15.3 Å².